The number of para-hydroxylation sites is 2. The van der Waals surface area contributed by atoms with Crippen LogP contribution >= 0.6 is 0 Å². The lowest BCUT2D eigenvalue weighted by Gasteiger charge is -2.63. The number of nitrogens with one attached hydrogen (secondary N) is 1. The van der Waals surface area contributed by atoms with E-state index in [2.05, 4.69) is 0 Å². The van der Waals surface area contributed by atoms with Gasteiger partial charge in [0.25, 0.3) is 0 Å². The Hall–Kier alpha value is -5.06. The second kappa shape index (κ2) is 18.2. The van der Waals surface area contributed by atoms with Crippen LogP contribution in [-0.4, -0.2) is 98.3 Å². The third-order valence-electron chi connectivity index (χ3n) is 18.7. The van der Waals surface area contributed by atoms with E-state index >= 15 is 17.6 Å². The number of allylic oxidation sites excluding steroid dienone is 10. The molecular formula is C56H66F4N2O9. The quantitative estimate of drug-likeness (QED) is 0.143. The number of aliphatic hydroxyl groups excluding tert-OH is 3. The minimum absolute atomic E-state index is 0. The molecule has 0 bridgehead atoms. The van der Waals surface area contributed by atoms with Crippen molar-refractivity contribution in [2.75, 3.05) is 23.7 Å². The summed E-state index contributed by atoms with van der Waals surface area (Å²) >= 11 is 0. The number of ketones is 4. The number of hydrogen-bond donors (Lipinski definition) is 5. The van der Waals surface area contributed by atoms with E-state index < -0.39 is 93.3 Å². The molecule has 0 radical (unpaired) electrons. The van der Waals surface area contributed by atoms with E-state index in [0.717, 1.165) is 5.69 Å². The standard InChI is InChI=1S/C28H31F2NO5.C21H24F2O3.C6H7NO.CH4/c1-25-9-8-18(33)11-21(25)22(29)12-20-19-10-16-14-31(17-6-4-3-5-7-17)36-28(16,24(35)15-32)26(19,2)13-23(34)27(20,25)30;1-11(24)13-4-5-14-15-9-17(22)16-8-12(25)6-7-20(16,3)21(15,23)18(26)10-19(13,14)2;8-7-6-4-2-1-3-5-6;/h3-9,11,16,19-20,22-23,32,34H,10,12-15H2,1-2H3;4,6-8,14-15,17-18,26H,5,9-10H2,1-3H3;1-5,7-8H;1H4/t16-,19-,20-,22-,23-,25-,26-,27-,28-;14-,15-,17-,18-,19+,20-,21-;;/m00../s1. The number of aliphatic hydroxyl groups is 3. The molecule has 11 nitrogen and oxygen atoms in total. The van der Waals surface area contributed by atoms with Gasteiger partial charge in [0.1, 0.15) is 19.0 Å². The third kappa shape index (κ3) is 7.28. The highest BCUT2D eigenvalue weighted by atomic mass is 19.2. The zero-order valence-electron chi connectivity index (χ0n) is 40.0. The number of nitrogens with zero attached hydrogens (tertiary/aromatic N) is 1. The molecule has 2 aromatic carbocycles. The van der Waals surface area contributed by atoms with Crippen LogP contribution < -0.4 is 10.5 Å². The Morgan fingerprint density at radius 3 is 1.76 bits per heavy atom. The lowest BCUT2D eigenvalue weighted by molar-refractivity contribution is -0.228. The van der Waals surface area contributed by atoms with Gasteiger partial charge in [-0.3, -0.25) is 39.8 Å². The Bertz CT molecular complexity index is 2630. The zero-order valence-corrected chi connectivity index (χ0v) is 40.0. The van der Waals surface area contributed by atoms with E-state index in [1.165, 1.54) is 43.4 Å². The van der Waals surface area contributed by atoms with Gasteiger partial charge in [-0.05, 0) is 136 Å². The van der Waals surface area contributed by atoms with Crippen molar-refractivity contribution in [3.05, 3.63) is 120 Å². The molecule has 1 saturated heterocycles. The van der Waals surface area contributed by atoms with Crippen LogP contribution in [0.3, 0.4) is 0 Å². The fourth-order valence-electron chi connectivity index (χ4n) is 15.4. The number of hydroxylamine groups is 1. The number of Topliss-reactive ketones (excluding diaryl/α,β-unsaturated/α-hetero) is 2. The molecule has 0 unspecified atom stereocenters. The molecule has 11 rings (SSSR count). The van der Waals surface area contributed by atoms with Crippen LogP contribution in [0.4, 0.5) is 28.9 Å². The number of carbonyl (C=O) groups excluding carboxylic acids is 4. The number of alkyl halides is 4. The second-order valence-corrected chi connectivity index (χ2v) is 21.8. The Morgan fingerprint density at radius 2 is 1.27 bits per heavy atom. The fraction of sp³-hybridized carbons (Fsp3) is 0.536. The summed E-state index contributed by atoms with van der Waals surface area (Å²) in [7, 11) is 0. The van der Waals surface area contributed by atoms with Crippen molar-refractivity contribution in [2.24, 2.45) is 51.2 Å². The van der Waals surface area contributed by atoms with Gasteiger partial charge >= 0.3 is 0 Å². The molecule has 0 aromatic heterocycles. The first-order valence-corrected chi connectivity index (χ1v) is 24.3. The Labute approximate surface area is 412 Å². The number of benzene rings is 2. The molecule has 382 valence electrons. The molecule has 71 heavy (non-hydrogen) atoms. The molecule has 1 aliphatic heterocycles. The van der Waals surface area contributed by atoms with Crippen LogP contribution in [0.25, 0.3) is 0 Å². The van der Waals surface area contributed by atoms with E-state index in [4.69, 9.17) is 10.0 Å². The molecule has 0 spiro atoms. The summed E-state index contributed by atoms with van der Waals surface area (Å²) in [6.45, 7) is 7.96. The van der Waals surface area contributed by atoms with Gasteiger partial charge in [0.2, 0.25) is 0 Å². The minimum Gasteiger partial charge on any atom is -0.390 e. The van der Waals surface area contributed by atoms with Crippen LogP contribution in [0, 0.1) is 51.2 Å². The summed E-state index contributed by atoms with van der Waals surface area (Å²) in [4.78, 5) is 55.8. The normalized spacial score (nSPS) is 43.0. The number of fused-ring (bicyclic) bond motifs is 12. The average Bonchev–Trinajstić information content (AvgIpc) is 3.97. The predicted octanol–water partition coefficient (Wildman–Crippen LogP) is 8.84. The topological polar surface area (TPSA) is 174 Å². The molecule has 1 heterocycles. The SMILES string of the molecule is C.CC(=O)C1=CC[C@H]2[C@@H]3C[C@H](F)C4=CC(=O)C=C[C@]4(C)[C@@]3(F)[C@@H](O)C[C@]12C.C[C@]12C=CC(=O)C=C1[C@@H](F)C[C@H]1[C@@H]3C[C@H]4CN(c5ccccc5)O[C@@]4(C(=O)CO)[C@@]3(C)C[C@H](O)[C@@]12F.ONc1ccccc1. The molecule has 5 N–H and O–H groups in total. The first-order valence-electron chi connectivity index (χ1n) is 24.3. The van der Waals surface area contributed by atoms with Crippen molar-refractivity contribution in [3.8, 4) is 0 Å². The zero-order chi connectivity index (χ0) is 50.6. The van der Waals surface area contributed by atoms with Gasteiger partial charge < -0.3 is 15.3 Å². The van der Waals surface area contributed by atoms with Crippen molar-refractivity contribution in [3.63, 3.8) is 0 Å². The fourth-order valence-corrected chi connectivity index (χ4v) is 15.4. The van der Waals surface area contributed by atoms with Crippen LogP contribution in [0.15, 0.2) is 120 Å². The van der Waals surface area contributed by atoms with E-state index in [1.54, 1.807) is 31.0 Å². The highest BCUT2D eigenvalue weighted by molar-refractivity contribution is 6.02. The van der Waals surface area contributed by atoms with Crippen LogP contribution in [0.2, 0.25) is 0 Å². The molecular weight excluding hydrogens is 921 g/mol. The average molecular weight is 987 g/mol. The van der Waals surface area contributed by atoms with E-state index in [9.17, 15) is 34.5 Å². The van der Waals surface area contributed by atoms with Gasteiger partial charge in [-0.2, -0.15) is 0 Å². The largest absolute Gasteiger partial charge is 0.390 e. The maximum Gasteiger partial charge on any atom is 0.193 e. The summed E-state index contributed by atoms with van der Waals surface area (Å²) < 4.78 is 64.7. The highest BCUT2D eigenvalue weighted by Crippen LogP contribution is 2.73. The first kappa shape index (κ1) is 52.3. The van der Waals surface area contributed by atoms with Crippen LogP contribution in [0.5, 0.6) is 0 Å². The molecule has 16 atom stereocenters. The van der Waals surface area contributed by atoms with Crippen molar-refractivity contribution >= 4 is 34.5 Å². The third-order valence-corrected chi connectivity index (χ3v) is 18.7. The lowest BCUT2D eigenvalue weighted by Crippen LogP contribution is -2.70. The molecule has 9 aliphatic rings. The summed E-state index contributed by atoms with van der Waals surface area (Å²) in [5, 5.41) is 42.4. The van der Waals surface area contributed by atoms with E-state index in [0.29, 0.717) is 30.6 Å². The van der Waals surface area contributed by atoms with Gasteiger partial charge in [0, 0.05) is 39.4 Å². The highest BCUT2D eigenvalue weighted by Gasteiger charge is 2.80. The molecule has 5 saturated carbocycles. The van der Waals surface area contributed by atoms with Crippen LogP contribution in [0.1, 0.15) is 80.6 Å². The summed E-state index contributed by atoms with van der Waals surface area (Å²) in [5.41, 5.74) is -5.94. The lowest BCUT2D eigenvalue weighted by atomic mass is 9.44. The predicted molar refractivity (Wildman–Crippen MR) is 259 cm³/mol. The second-order valence-electron chi connectivity index (χ2n) is 21.8. The minimum atomic E-state index is -2.22. The van der Waals surface area contributed by atoms with Crippen molar-refractivity contribution < 1.29 is 62.1 Å². The molecule has 15 heteroatoms. The van der Waals surface area contributed by atoms with Crippen molar-refractivity contribution in [1.29, 1.82) is 0 Å². The van der Waals surface area contributed by atoms with Gasteiger partial charge in [0.05, 0.1) is 30.1 Å². The summed E-state index contributed by atoms with van der Waals surface area (Å²) in [6.07, 6.45) is 4.42. The van der Waals surface area contributed by atoms with Gasteiger partial charge in [-0.15, -0.1) is 0 Å². The number of halogens is 4. The number of rotatable bonds is 5. The number of hydrogen-bond acceptors (Lipinski definition) is 11. The maximum absolute atomic E-state index is 17.4. The smallest absolute Gasteiger partial charge is 0.193 e. The number of carbonyl (C=O) groups is 4. The Morgan fingerprint density at radius 1 is 0.761 bits per heavy atom. The van der Waals surface area contributed by atoms with Gasteiger partial charge in [-0.25, -0.2) is 17.6 Å². The van der Waals surface area contributed by atoms with Crippen molar-refractivity contribution in [1.82, 2.24) is 0 Å². The van der Waals surface area contributed by atoms with Crippen molar-refractivity contribution in [2.45, 2.75) is 122 Å². The summed E-state index contributed by atoms with van der Waals surface area (Å²) in [6, 6.07) is 18.4. The Balaban J connectivity index is 0.000000168. The first-order chi connectivity index (χ1) is 33.0. The van der Waals surface area contributed by atoms with Gasteiger partial charge in [0.15, 0.2) is 40.1 Å². The van der Waals surface area contributed by atoms with E-state index in [-0.39, 0.29) is 73.4 Å². The molecule has 0 amide bonds. The number of anilines is 2. The maximum atomic E-state index is 17.4. The Kier molecular flexibility index (Phi) is 13.4. The van der Waals surface area contributed by atoms with Gasteiger partial charge in [-0.1, -0.05) is 75.9 Å². The van der Waals surface area contributed by atoms with E-state index in [1.807, 2.05) is 73.9 Å². The molecule has 6 fully saturated rings. The molecule has 8 aliphatic carbocycles. The molecule has 2 aromatic rings. The summed E-state index contributed by atoms with van der Waals surface area (Å²) in [5.74, 6) is -4.01. The van der Waals surface area contributed by atoms with Crippen LogP contribution in [-0.2, 0) is 24.0 Å². The monoisotopic (exact) mass is 986 g/mol.